The van der Waals surface area contributed by atoms with E-state index < -0.39 is 0 Å². The zero-order chi connectivity index (χ0) is 13.4. The fourth-order valence-electron chi connectivity index (χ4n) is 2.15. The minimum Gasteiger partial charge on any atom is -0.436 e. The molecule has 0 aliphatic carbocycles. The predicted molar refractivity (Wildman–Crippen MR) is 74.8 cm³/mol. The quantitative estimate of drug-likeness (QED) is 0.759. The second-order valence-electron chi connectivity index (χ2n) is 4.80. The normalized spacial score (nSPS) is 11.1. The summed E-state index contributed by atoms with van der Waals surface area (Å²) in [5.74, 6) is 0.631. The molecule has 3 nitrogen and oxygen atoms in total. The van der Waals surface area contributed by atoms with Gasteiger partial charge in [0.2, 0.25) is 5.89 Å². The molecule has 0 atom stereocenters. The van der Waals surface area contributed by atoms with E-state index in [9.17, 15) is 0 Å². The summed E-state index contributed by atoms with van der Waals surface area (Å²) in [6, 6.07) is 11.8. The third kappa shape index (κ3) is 2.13. The number of aromatic nitrogens is 1. The van der Waals surface area contributed by atoms with Crippen molar-refractivity contribution in [3.05, 3.63) is 53.1 Å². The third-order valence-corrected chi connectivity index (χ3v) is 3.26. The van der Waals surface area contributed by atoms with Crippen LogP contribution in [0.4, 0.5) is 0 Å². The van der Waals surface area contributed by atoms with E-state index in [4.69, 9.17) is 9.52 Å². The third-order valence-electron chi connectivity index (χ3n) is 3.26. The first kappa shape index (κ1) is 11.9. The van der Waals surface area contributed by atoms with E-state index in [1.807, 2.05) is 25.1 Å². The monoisotopic (exact) mass is 253 g/mol. The standard InChI is InChI=1S/C16H15NO2/c1-10-3-4-11(2)13(7-10)16-17-14-8-12(9-18)5-6-15(14)19-16/h3-8,18H,9H2,1-2H3. The maximum absolute atomic E-state index is 9.14. The molecule has 0 fully saturated rings. The molecule has 0 unspecified atom stereocenters. The Labute approximate surface area is 111 Å². The van der Waals surface area contributed by atoms with Crippen LogP contribution in [0.5, 0.6) is 0 Å². The lowest BCUT2D eigenvalue weighted by Crippen LogP contribution is -1.84. The van der Waals surface area contributed by atoms with Gasteiger partial charge in [0.05, 0.1) is 6.61 Å². The molecule has 0 saturated carbocycles. The summed E-state index contributed by atoms with van der Waals surface area (Å²) in [4.78, 5) is 4.52. The van der Waals surface area contributed by atoms with E-state index in [0.717, 1.165) is 27.8 Å². The van der Waals surface area contributed by atoms with Crippen LogP contribution in [0.25, 0.3) is 22.6 Å². The second-order valence-corrected chi connectivity index (χ2v) is 4.80. The molecular weight excluding hydrogens is 238 g/mol. The minimum absolute atomic E-state index is 0.0155. The highest BCUT2D eigenvalue weighted by Crippen LogP contribution is 2.28. The number of oxazole rings is 1. The number of aliphatic hydroxyl groups excluding tert-OH is 1. The molecule has 0 radical (unpaired) electrons. The largest absolute Gasteiger partial charge is 0.436 e. The van der Waals surface area contributed by atoms with Crippen LogP contribution in [-0.4, -0.2) is 10.1 Å². The first-order valence-electron chi connectivity index (χ1n) is 6.25. The summed E-state index contributed by atoms with van der Waals surface area (Å²) in [5.41, 5.74) is 5.70. The summed E-state index contributed by atoms with van der Waals surface area (Å²) < 4.78 is 5.80. The molecule has 3 aromatic rings. The van der Waals surface area contributed by atoms with Gasteiger partial charge in [-0.15, -0.1) is 0 Å². The van der Waals surface area contributed by atoms with Crippen molar-refractivity contribution in [3.8, 4) is 11.5 Å². The van der Waals surface area contributed by atoms with Crippen LogP contribution in [0.15, 0.2) is 40.8 Å². The van der Waals surface area contributed by atoms with Crippen LogP contribution in [0, 0.1) is 13.8 Å². The molecule has 1 aromatic heterocycles. The van der Waals surface area contributed by atoms with Crippen LogP contribution >= 0.6 is 0 Å². The van der Waals surface area contributed by atoms with E-state index in [-0.39, 0.29) is 6.61 Å². The SMILES string of the molecule is Cc1ccc(C)c(-c2nc3cc(CO)ccc3o2)c1. The van der Waals surface area contributed by atoms with E-state index in [0.29, 0.717) is 5.89 Å². The van der Waals surface area contributed by atoms with Gasteiger partial charge in [-0.3, -0.25) is 0 Å². The van der Waals surface area contributed by atoms with Crippen molar-refractivity contribution in [2.45, 2.75) is 20.5 Å². The van der Waals surface area contributed by atoms with Crippen LogP contribution < -0.4 is 0 Å². The molecule has 2 aromatic carbocycles. The van der Waals surface area contributed by atoms with Gasteiger partial charge in [-0.05, 0) is 43.2 Å². The lowest BCUT2D eigenvalue weighted by atomic mass is 10.1. The molecule has 3 heteroatoms. The molecule has 3 rings (SSSR count). The average molecular weight is 253 g/mol. The molecule has 1 N–H and O–H groups in total. The van der Waals surface area contributed by atoms with Gasteiger partial charge in [0.1, 0.15) is 5.52 Å². The summed E-state index contributed by atoms with van der Waals surface area (Å²) in [5, 5.41) is 9.14. The molecule has 0 amide bonds. The highest BCUT2D eigenvalue weighted by atomic mass is 16.3. The van der Waals surface area contributed by atoms with Gasteiger partial charge in [0.25, 0.3) is 0 Å². The zero-order valence-corrected chi connectivity index (χ0v) is 11.0. The van der Waals surface area contributed by atoms with Gasteiger partial charge in [-0.2, -0.15) is 0 Å². The Morgan fingerprint density at radius 2 is 1.95 bits per heavy atom. The number of fused-ring (bicyclic) bond motifs is 1. The van der Waals surface area contributed by atoms with Gasteiger partial charge >= 0.3 is 0 Å². The van der Waals surface area contributed by atoms with E-state index >= 15 is 0 Å². The molecule has 1 heterocycles. The predicted octanol–water partition coefficient (Wildman–Crippen LogP) is 3.60. The molecule has 0 aliphatic rings. The second kappa shape index (κ2) is 4.52. The number of nitrogens with zero attached hydrogens (tertiary/aromatic N) is 1. The lowest BCUT2D eigenvalue weighted by molar-refractivity contribution is 0.282. The maximum atomic E-state index is 9.14. The highest BCUT2D eigenvalue weighted by Gasteiger charge is 2.11. The lowest BCUT2D eigenvalue weighted by Gasteiger charge is -2.02. The Morgan fingerprint density at radius 1 is 1.11 bits per heavy atom. The smallest absolute Gasteiger partial charge is 0.227 e. The maximum Gasteiger partial charge on any atom is 0.227 e. The number of benzene rings is 2. The Balaban J connectivity index is 2.17. The van der Waals surface area contributed by atoms with Crippen molar-refractivity contribution in [2.24, 2.45) is 0 Å². The van der Waals surface area contributed by atoms with Crippen LogP contribution in [0.2, 0.25) is 0 Å². The highest BCUT2D eigenvalue weighted by molar-refractivity contribution is 5.77. The van der Waals surface area contributed by atoms with E-state index in [2.05, 4.69) is 30.1 Å². The zero-order valence-electron chi connectivity index (χ0n) is 11.0. The Morgan fingerprint density at radius 3 is 2.74 bits per heavy atom. The van der Waals surface area contributed by atoms with Crippen molar-refractivity contribution in [1.82, 2.24) is 4.98 Å². The van der Waals surface area contributed by atoms with E-state index in [1.54, 1.807) is 0 Å². The topological polar surface area (TPSA) is 46.3 Å². The van der Waals surface area contributed by atoms with Crippen LogP contribution in [0.1, 0.15) is 16.7 Å². The van der Waals surface area contributed by atoms with Gasteiger partial charge in [0.15, 0.2) is 5.58 Å². The Kier molecular flexibility index (Phi) is 2.84. The van der Waals surface area contributed by atoms with Gasteiger partial charge in [-0.25, -0.2) is 4.98 Å². The molecule has 0 bridgehead atoms. The van der Waals surface area contributed by atoms with Crippen molar-refractivity contribution in [2.75, 3.05) is 0 Å². The van der Waals surface area contributed by atoms with Gasteiger partial charge < -0.3 is 9.52 Å². The average Bonchev–Trinajstić information content (AvgIpc) is 2.83. The summed E-state index contributed by atoms with van der Waals surface area (Å²) in [6.07, 6.45) is 0. The Bertz CT molecular complexity index is 744. The molecule has 0 spiro atoms. The van der Waals surface area contributed by atoms with E-state index in [1.165, 1.54) is 5.56 Å². The number of aryl methyl sites for hydroxylation is 2. The van der Waals surface area contributed by atoms with Crippen LogP contribution in [0.3, 0.4) is 0 Å². The number of aliphatic hydroxyl groups is 1. The molecule has 0 aliphatic heterocycles. The molecule has 96 valence electrons. The Hall–Kier alpha value is -2.13. The first-order valence-corrected chi connectivity index (χ1v) is 6.25. The molecule has 0 saturated heterocycles. The number of rotatable bonds is 2. The first-order chi connectivity index (χ1) is 9.17. The fourth-order valence-corrected chi connectivity index (χ4v) is 2.15. The fraction of sp³-hybridized carbons (Fsp3) is 0.188. The van der Waals surface area contributed by atoms with Gasteiger partial charge in [0, 0.05) is 5.56 Å². The summed E-state index contributed by atoms with van der Waals surface area (Å²) in [6.45, 7) is 4.11. The summed E-state index contributed by atoms with van der Waals surface area (Å²) in [7, 11) is 0. The van der Waals surface area contributed by atoms with Crippen molar-refractivity contribution >= 4 is 11.1 Å². The van der Waals surface area contributed by atoms with Crippen molar-refractivity contribution in [1.29, 1.82) is 0 Å². The molecule has 19 heavy (non-hydrogen) atoms. The van der Waals surface area contributed by atoms with Crippen molar-refractivity contribution < 1.29 is 9.52 Å². The number of hydrogen-bond acceptors (Lipinski definition) is 3. The number of hydrogen-bond donors (Lipinski definition) is 1. The minimum atomic E-state index is 0.0155. The van der Waals surface area contributed by atoms with Crippen molar-refractivity contribution in [3.63, 3.8) is 0 Å². The van der Waals surface area contributed by atoms with Crippen LogP contribution in [-0.2, 0) is 6.61 Å². The van der Waals surface area contributed by atoms with Gasteiger partial charge in [-0.1, -0.05) is 23.8 Å². The summed E-state index contributed by atoms with van der Waals surface area (Å²) >= 11 is 0. The molecular formula is C16H15NO2.